The van der Waals surface area contributed by atoms with Gasteiger partial charge in [-0.15, -0.1) is 0 Å². The van der Waals surface area contributed by atoms with Gasteiger partial charge < -0.3 is 18.9 Å². The van der Waals surface area contributed by atoms with Crippen LogP contribution in [0, 0.1) is 11.8 Å². The van der Waals surface area contributed by atoms with Crippen LogP contribution in [0.1, 0.15) is 104 Å². The Hall–Kier alpha value is -1.01. The third-order valence-corrected chi connectivity index (χ3v) is 7.56. The molecule has 1 fully saturated rings. The summed E-state index contributed by atoms with van der Waals surface area (Å²) in [6, 6.07) is 6.08. The Labute approximate surface area is 222 Å². The van der Waals surface area contributed by atoms with Crippen molar-refractivity contribution in [2.75, 3.05) is 39.8 Å². The van der Waals surface area contributed by atoms with Crippen LogP contribution in [0.2, 0.25) is 0 Å². The van der Waals surface area contributed by atoms with Gasteiger partial charge in [-0.25, -0.2) is 4.57 Å². The van der Waals surface area contributed by atoms with Gasteiger partial charge >= 0.3 is 0 Å². The second-order valence-corrected chi connectivity index (χ2v) is 10.7. The molecule has 1 aromatic rings. The number of aromatic nitrogens is 1. The number of ether oxygens (including phenoxy) is 4. The molecule has 5 nitrogen and oxygen atoms in total. The van der Waals surface area contributed by atoms with Crippen molar-refractivity contribution >= 4 is 0 Å². The van der Waals surface area contributed by atoms with E-state index in [1.165, 1.54) is 89.9 Å². The highest BCUT2D eigenvalue weighted by molar-refractivity contribution is 4.83. The van der Waals surface area contributed by atoms with Gasteiger partial charge in [-0.05, 0) is 25.2 Å². The smallest absolute Gasteiger partial charge is 0.171 e. The van der Waals surface area contributed by atoms with E-state index < -0.39 is 0 Å². The molecule has 1 heterocycles. The molecule has 1 aliphatic carbocycles. The van der Waals surface area contributed by atoms with Crippen LogP contribution in [0.15, 0.2) is 30.6 Å². The minimum atomic E-state index is 0.0340. The molecule has 208 valence electrons. The quantitative estimate of drug-likeness (QED) is 0.0900. The molecular formula is C31H56NO4+. The lowest BCUT2D eigenvalue weighted by Gasteiger charge is -2.30. The Bertz CT molecular complexity index is 593. The largest absolute Gasteiger partial charge is 0.376 e. The van der Waals surface area contributed by atoms with Crippen LogP contribution in [0.4, 0.5) is 0 Å². The van der Waals surface area contributed by atoms with Gasteiger partial charge in [0.05, 0.1) is 25.9 Å². The highest BCUT2D eigenvalue weighted by atomic mass is 16.7. The molecule has 0 N–H and O–H groups in total. The van der Waals surface area contributed by atoms with Crippen LogP contribution in [-0.4, -0.2) is 45.9 Å². The first-order valence-corrected chi connectivity index (χ1v) is 15.1. The predicted molar refractivity (Wildman–Crippen MR) is 147 cm³/mol. The van der Waals surface area contributed by atoms with E-state index in [1.54, 1.807) is 0 Å². The molecule has 0 amide bonds. The SMILES string of the molecule is CCCCCCCCCC(CCOCOC(C)COCCOCC[n+]1ccccc1)C1CCCCC1. The van der Waals surface area contributed by atoms with Gasteiger partial charge in [0.2, 0.25) is 0 Å². The van der Waals surface area contributed by atoms with Crippen molar-refractivity contribution in [2.24, 2.45) is 11.8 Å². The van der Waals surface area contributed by atoms with E-state index in [9.17, 15) is 0 Å². The summed E-state index contributed by atoms with van der Waals surface area (Å²) < 4.78 is 25.2. The molecule has 0 aliphatic heterocycles. The highest BCUT2D eigenvalue weighted by Crippen LogP contribution is 2.34. The average Bonchev–Trinajstić information content (AvgIpc) is 2.91. The molecule has 36 heavy (non-hydrogen) atoms. The number of hydrogen-bond acceptors (Lipinski definition) is 4. The van der Waals surface area contributed by atoms with Crippen molar-refractivity contribution in [3.05, 3.63) is 30.6 Å². The van der Waals surface area contributed by atoms with E-state index in [1.807, 2.05) is 37.5 Å². The van der Waals surface area contributed by atoms with E-state index in [2.05, 4.69) is 11.5 Å². The fourth-order valence-corrected chi connectivity index (χ4v) is 5.31. The van der Waals surface area contributed by atoms with E-state index in [0.717, 1.165) is 25.0 Å². The Morgan fingerprint density at radius 2 is 1.47 bits per heavy atom. The molecule has 2 atom stereocenters. The lowest BCUT2D eigenvalue weighted by atomic mass is 9.76. The van der Waals surface area contributed by atoms with Gasteiger partial charge in [0.25, 0.3) is 0 Å². The molecule has 1 saturated carbocycles. The predicted octanol–water partition coefficient (Wildman–Crippen LogP) is 7.11. The van der Waals surface area contributed by atoms with Crippen molar-refractivity contribution in [3.8, 4) is 0 Å². The number of rotatable bonds is 23. The first kappa shape index (κ1) is 31.2. The zero-order valence-corrected chi connectivity index (χ0v) is 23.5. The summed E-state index contributed by atoms with van der Waals surface area (Å²) in [5.41, 5.74) is 0. The number of hydrogen-bond donors (Lipinski definition) is 0. The Balaban J connectivity index is 1.46. The van der Waals surface area contributed by atoms with Gasteiger partial charge in [0.1, 0.15) is 13.4 Å². The van der Waals surface area contributed by atoms with Crippen LogP contribution in [0.3, 0.4) is 0 Å². The second kappa shape index (κ2) is 22.0. The maximum Gasteiger partial charge on any atom is 0.171 e. The number of pyridine rings is 1. The van der Waals surface area contributed by atoms with Crippen LogP contribution < -0.4 is 4.57 Å². The lowest BCUT2D eigenvalue weighted by molar-refractivity contribution is -0.698. The minimum Gasteiger partial charge on any atom is -0.376 e. The molecule has 0 bridgehead atoms. The van der Waals surface area contributed by atoms with Crippen molar-refractivity contribution < 1.29 is 23.5 Å². The summed E-state index contributed by atoms with van der Waals surface area (Å²) in [5.74, 6) is 1.76. The molecule has 1 aliphatic rings. The van der Waals surface area contributed by atoms with Crippen molar-refractivity contribution in [2.45, 2.75) is 116 Å². The highest BCUT2D eigenvalue weighted by Gasteiger charge is 2.23. The Morgan fingerprint density at radius 3 is 2.25 bits per heavy atom. The van der Waals surface area contributed by atoms with Gasteiger partial charge in [-0.1, -0.05) is 96.5 Å². The van der Waals surface area contributed by atoms with E-state index in [0.29, 0.717) is 33.2 Å². The number of nitrogens with zero attached hydrogens (tertiary/aromatic N) is 1. The molecule has 2 rings (SSSR count). The van der Waals surface area contributed by atoms with Crippen LogP contribution >= 0.6 is 0 Å². The van der Waals surface area contributed by atoms with Crippen LogP contribution in [0.5, 0.6) is 0 Å². The first-order valence-electron chi connectivity index (χ1n) is 15.1. The molecule has 0 aromatic carbocycles. The zero-order chi connectivity index (χ0) is 25.5. The summed E-state index contributed by atoms with van der Waals surface area (Å²) in [5, 5.41) is 0. The summed E-state index contributed by atoms with van der Waals surface area (Å²) in [4.78, 5) is 0. The molecule has 0 radical (unpaired) electrons. The third kappa shape index (κ3) is 16.0. The topological polar surface area (TPSA) is 40.8 Å². The average molecular weight is 507 g/mol. The summed E-state index contributed by atoms with van der Waals surface area (Å²) >= 11 is 0. The van der Waals surface area contributed by atoms with E-state index in [4.69, 9.17) is 18.9 Å². The molecule has 5 heteroatoms. The summed E-state index contributed by atoms with van der Waals surface area (Å²) in [7, 11) is 0. The summed E-state index contributed by atoms with van der Waals surface area (Å²) in [6.45, 7) is 8.85. The monoisotopic (exact) mass is 506 g/mol. The maximum atomic E-state index is 5.89. The van der Waals surface area contributed by atoms with Crippen molar-refractivity contribution in [3.63, 3.8) is 0 Å². The molecular weight excluding hydrogens is 450 g/mol. The Kier molecular flexibility index (Phi) is 19.1. The second-order valence-electron chi connectivity index (χ2n) is 10.7. The van der Waals surface area contributed by atoms with Crippen LogP contribution in [-0.2, 0) is 25.5 Å². The van der Waals surface area contributed by atoms with E-state index >= 15 is 0 Å². The maximum absolute atomic E-state index is 5.89. The third-order valence-electron chi connectivity index (χ3n) is 7.56. The van der Waals surface area contributed by atoms with Gasteiger partial charge in [-0.2, -0.15) is 0 Å². The standard InChI is InChI=1S/C31H56NO4/c1-3-4-5-6-7-8-11-18-31(30-16-12-9-13-17-30)19-23-35-28-36-29(2)27-34-26-25-33-24-22-32-20-14-10-15-21-32/h10,14-15,20-21,29-31H,3-9,11-13,16-19,22-28H2,1-2H3/q+1. The fourth-order valence-electron chi connectivity index (χ4n) is 5.31. The van der Waals surface area contributed by atoms with Crippen LogP contribution in [0.25, 0.3) is 0 Å². The summed E-state index contributed by atoms with van der Waals surface area (Å²) in [6.07, 6.45) is 23.7. The molecule has 0 spiro atoms. The van der Waals surface area contributed by atoms with Crippen molar-refractivity contribution in [1.29, 1.82) is 0 Å². The van der Waals surface area contributed by atoms with Crippen molar-refractivity contribution in [1.82, 2.24) is 0 Å². The molecule has 1 aromatic heterocycles. The molecule has 0 saturated heterocycles. The van der Waals surface area contributed by atoms with Gasteiger partial charge in [-0.3, -0.25) is 0 Å². The van der Waals surface area contributed by atoms with E-state index in [-0.39, 0.29) is 6.10 Å². The first-order chi connectivity index (χ1) is 17.8. The van der Waals surface area contributed by atoms with Gasteiger partial charge in [0, 0.05) is 18.7 Å². The zero-order valence-electron chi connectivity index (χ0n) is 23.5. The molecule has 2 unspecified atom stereocenters. The fraction of sp³-hybridized carbons (Fsp3) is 0.839. The minimum absolute atomic E-state index is 0.0340. The number of unbranched alkanes of at least 4 members (excludes halogenated alkanes) is 6. The Morgan fingerprint density at radius 1 is 0.750 bits per heavy atom. The van der Waals surface area contributed by atoms with Gasteiger partial charge in [0.15, 0.2) is 18.9 Å². The lowest BCUT2D eigenvalue weighted by Crippen LogP contribution is -2.35. The normalized spacial score (nSPS) is 16.3.